The van der Waals surface area contributed by atoms with Crippen LogP contribution in [-0.4, -0.2) is 50.7 Å². The summed E-state index contributed by atoms with van der Waals surface area (Å²) in [4.78, 5) is 37.9. The van der Waals surface area contributed by atoms with Crippen molar-refractivity contribution in [1.29, 1.82) is 0 Å². The molecule has 2 aliphatic rings. The van der Waals surface area contributed by atoms with Crippen molar-refractivity contribution in [2.75, 3.05) is 13.1 Å². The van der Waals surface area contributed by atoms with Crippen molar-refractivity contribution >= 4 is 34.4 Å². The number of carbonyl (C=O) groups excluding carboxylic acids is 2. The summed E-state index contributed by atoms with van der Waals surface area (Å²) >= 11 is 6.44. The minimum atomic E-state index is -0.516. The molecule has 2 aromatic heterocycles. The molecule has 2 aromatic rings. The highest BCUT2D eigenvalue weighted by Gasteiger charge is 2.40. The number of carbonyl (C=O) groups is 2. The van der Waals surface area contributed by atoms with Crippen LogP contribution in [0, 0.1) is 5.92 Å². The standard InChI is InChI=1S/C23H29ClN4O2/c1-5-14(4)15-6-8-27(9-7-15)23(30)20(13(2)3)28-12-17-18(24)11-26-21-19(17)16(10-25-21)22(28)29/h10-11,13,20H,5-9,12H2,1-4H3,(H,25,26)/t20-/m1/s1. The van der Waals surface area contributed by atoms with Gasteiger partial charge in [0.15, 0.2) is 0 Å². The Morgan fingerprint density at radius 3 is 2.63 bits per heavy atom. The molecule has 6 nitrogen and oxygen atoms in total. The Balaban J connectivity index is 1.62. The van der Waals surface area contributed by atoms with E-state index in [-0.39, 0.29) is 17.7 Å². The average molecular weight is 429 g/mol. The summed E-state index contributed by atoms with van der Waals surface area (Å²) in [6, 6.07) is -0.516. The second kappa shape index (κ2) is 8.06. The van der Waals surface area contributed by atoms with Crippen LogP contribution in [0.5, 0.6) is 0 Å². The molecule has 1 atom stereocenters. The molecule has 0 radical (unpaired) electrons. The lowest BCUT2D eigenvalue weighted by molar-refractivity contribution is -0.138. The molecule has 1 fully saturated rings. The van der Waals surface area contributed by atoms with Crippen molar-refractivity contribution < 1.29 is 9.59 Å². The maximum atomic E-state index is 13.6. The van der Waals surface area contributed by atoms with Crippen molar-refractivity contribution in [3.63, 3.8) is 0 Å². The molecule has 0 aromatic carbocycles. The molecular formula is C23H29ClN4O2. The molecule has 2 amide bonds. The Morgan fingerprint density at radius 1 is 1.30 bits per heavy atom. The predicted octanol–water partition coefficient (Wildman–Crippen LogP) is 4.55. The molecule has 7 heteroatoms. The number of nitrogens with zero attached hydrogens (tertiary/aromatic N) is 3. The van der Waals surface area contributed by atoms with Gasteiger partial charge in [0.25, 0.3) is 5.91 Å². The summed E-state index contributed by atoms with van der Waals surface area (Å²) in [5, 5.41) is 1.31. The lowest BCUT2D eigenvalue weighted by atomic mass is 9.93. The van der Waals surface area contributed by atoms with Crippen LogP contribution in [0.3, 0.4) is 0 Å². The van der Waals surface area contributed by atoms with Gasteiger partial charge in [-0.05, 0) is 32.1 Å². The summed E-state index contributed by atoms with van der Waals surface area (Å²) in [7, 11) is 0. The molecule has 1 saturated heterocycles. The fourth-order valence-electron chi connectivity index (χ4n) is 4.72. The second-order valence-corrected chi connectivity index (χ2v) is 9.10. The molecule has 2 aliphatic heterocycles. The van der Waals surface area contributed by atoms with Gasteiger partial charge in [-0.1, -0.05) is 43.5 Å². The molecule has 1 N–H and O–H groups in total. The number of aromatic amines is 1. The average Bonchev–Trinajstić information content (AvgIpc) is 3.18. The molecule has 4 heterocycles. The van der Waals surface area contributed by atoms with Crippen LogP contribution in [0.15, 0.2) is 23.5 Å². The van der Waals surface area contributed by atoms with E-state index in [0.29, 0.717) is 35.9 Å². The number of halogens is 1. The molecule has 0 saturated carbocycles. The minimum absolute atomic E-state index is 0.00707. The van der Waals surface area contributed by atoms with Gasteiger partial charge in [0.05, 0.1) is 10.6 Å². The summed E-state index contributed by atoms with van der Waals surface area (Å²) in [6.07, 6.45) is 6.18. The van der Waals surface area contributed by atoms with E-state index in [4.69, 9.17) is 11.6 Å². The number of allylic oxidation sites excluding steroid dienone is 1. The van der Waals surface area contributed by atoms with E-state index >= 15 is 0 Å². The van der Waals surface area contributed by atoms with Crippen LogP contribution in [0.25, 0.3) is 11.0 Å². The minimum Gasteiger partial charge on any atom is -0.345 e. The number of H-pyrrole nitrogens is 1. The first-order valence-electron chi connectivity index (χ1n) is 10.7. The lowest BCUT2D eigenvalue weighted by Crippen LogP contribution is -2.55. The van der Waals surface area contributed by atoms with Gasteiger partial charge in [-0.3, -0.25) is 9.59 Å². The number of likely N-dealkylation sites (tertiary alicyclic amines) is 1. The van der Waals surface area contributed by atoms with E-state index in [1.165, 1.54) is 11.1 Å². The molecular weight excluding hydrogens is 400 g/mol. The third kappa shape index (κ3) is 3.41. The highest BCUT2D eigenvalue weighted by Crippen LogP contribution is 2.35. The topological polar surface area (TPSA) is 69.3 Å². The molecule has 0 unspecified atom stereocenters. The number of piperidine rings is 1. The van der Waals surface area contributed by atoms with Gasteiger partial charge < -0.3 is 14.8 Å². The first-order chi connectivity index (χ1) is 14.3. The molecule has 0 bridgehead atoms. The van der Waals surface area contributed by atoms with Crippen molar-refractivity contribution in [1.82, 2.24) is 19.8 Å². The van der Waals surface area contributed by atoms with Crippen LogP contribution >= 0.6 is 11.6 Å². The van der Waals surface area contributed by atoms with Crippen LogP contribution < -0.4 is 0 Å². The SMILES string of the molecule is CCC(C)=C1CCN(C(=O)[C@@H](C(C)C)N2Cc3c(Cl)cnc4[nH]cc(c34)C2=O)CC1. The van der Waals surface area contributed by atoms with E-state index in [0.717, 1.165) is 30.2 Å². The molecule has 160 valence electrons. The van der Waals surface area contributed by atoms with E-state index < -0.39 is 6.04 Å². The van der Waals surface area contributed by atoms with E-state index in [1.807, 2.05) is 18.7 Å². The Bertz CT molecular complexity index is 1030. The summed E-state index contributed by atoms with van der Waals surface area (Å²) in [6.45, 7) is 10.1. The zero-order valence-electron chi connectivity index (χ0n) is 18.1. The first-order valence-corrected chi connectivity index (χ1v) is 11.1. The fraction of sp³-hybridized carbons (Fsp3) is 0.522. The summed E-state index contributed by atoms with van der Waals surface area (Å²) in [5.41, 5.74) is 4.97. The zero-order chi connectivity index (χ0) is 21.6. The van der Waals surface area contributed by atoms with Crippen LogP contribution in [0.4, 0.5) is 0 Å². The van der Waals surface area contributed by atoms with E-state index in [9.17, 15) is 9.59 Å². The van der Waals surface area contributed by atoms with E-state index in [2.05, 4.69) is 23.8 Å². The van der Waals surface area contributed by atoms with Gasteiger partial charge in [-0.25, -0.2) is 4.98 Å². The van der Waals surface area contributed by atoms with Crippen molar-refractivity contribution in [2.45, 2.75) is 59.5 Å². The Labute approximate surface area is 182 Å². The smallest absolute Gasteiger partial charge is 0.257 e. The van der Waals surface area contributed by atoms with E-state index in [1.54, 1.807) is 17.3 Å². The largest absolute Gasteiger partial charge is 0.345 e. The summed E-state index contributed by atoms with van der Waals surface area (Å²) < 4.78 is 0. The lowest BCUT2D eigenvalue weighted by Gasteiger charge is -2.40. The quantitative estimate of drug-likeness (QED) is 0.726. The number of hydrogen-bond acceptors (Lipinski definition) is 3. The third-order valence-electron chi connectivity index (χ3n) is 6.61. The molecule has 0 spiro atoms. The zero-order valence-corrected chi connectivity index (χ0v) is 18.8. The molecule has 30 heavy (non-hydrogen) atoms. The molecule has 4 rings (SSSR count). The maximum absolute atomic E-state index is 13.6. The highest BCUT2D eigenvalue weighted by molar-refractivity contribution is 6.32. The Kier molecular flexibility index (Phi) is 5.62. The van der Waals surface area contributed by atoms with Crippen LogP contribution in [0.2, 0.25) is 5.02 Å². The van der Waals surface area contributed by atoms with Crippen LogP contribution in [0.1, 0.15) is 62.9 Å². The Hall–Kier alpha value is -2.34. The predicted molar refractivity (Wildman–Crippen MR) is 118 cm³/mol. The highest BCUT2D eigenvalue weighted by atomic mass is 35.5. The van der Waals surface area contributed by atoms with Crippen LogP contribution in [-0.2, 0) is 11.3 Å². The van der Waals surface area contributed by atoms with Crippen molar-refractivity contribution in [3.8, 4) is 0 Å². The number of nitrogens with one attached hydrogen (secondary N) is 1. The summed E-state index contributed by atoms with van der Waals surface area (Å²) in [5.74, 6) is -0.108. The number of aromatic nitrogens is 2. The maximum Gasteiger partial charge on any atom is 0.257 e. The first kappa shape index (κ1) is 20.9. The number of pyridine rings is 1. The molecule has 0 aliphatic carbocycles. The van der Waals surface area contributed by atoms with Crippen molar-refractivity contribution in [3.05, 3.63) is 39.7 Å². The van der Waals surface area contributed by atoms with Crippen molar-refractivity contribution in [2.24, 2.45) is 5.92 Å². The second-order valence-electron chi connectivity index (χ2n) is 8.70. The number of amides is 2. The van der Waals surface area contributed by atoms with Gasteiger partial charge in [0.1, 0.15) is 11.7 Å². The van der Waals surface area contributed by atoms with Gasteiger partial charge >= 0.3 is 0 Å². The van der Waals surface area contributed by atoms with Gasteiger partial charge in [0.2, 0.25) is 5.91 Å². The monoisotopic (exact) mass is 428 g/mol. The van der Waals surface area contributed by atoms with Gasteiger partial charge in [0, 0.05) is 43.0 Å². The normalized spacial score (nSPS) is 17.8. The fourth-order valence-corrected chi connectivity index (χ4v) is 4.93. The number of hydrogen-bond donors (Lipinski definition) is 1. The Morgan fingerprint density at radius 2 is 2.00 bits per heavy atom. The van der Waals surface area contributed by atoms with Gasteiger partial charge in [-0.15, -0.1) is 0 Å². The third-order valence-corrected chi connectivity index (χ3v) is 6.93. The number of rotatable bonds is 4. The van der Waals surface area contributed by atoms with Gasteiger partial charge in [-0.2, -0.15) is 0 Å².